The Bertz CT molecular complexity index is 842. The van der Waals surface area contributed by atoms with Gasteiger partial charge in [-0.1, -0.05) is 24.3 Å². The molecule has 1 amide bonds. The summed E-state index contributed by atoms with van der Waals surface area (Å²) in [6, 6.07) is 11.8. The van der Waals surface area contributed by atoms with E-state index in [1.165, 1.54) is 12.1 Å². The zero-order valence-electron chi connectivity index (χ0n) is 12.5. The Morgan fingerprint density at radius 2 is 2.00 bits per heavy atom. The molecule has 3 aromatic rings. The number of aliphatic hydroxyl groups excluding tert-OH is 1. The number of aromatic nitrogens is 1. The molecule has 1 aromatic heterocycles. The molecule has 0 aliphatic heterocycles. The van der Waals surface area contributed by atoms with Crippen LogP contribution in [0.2, 0.25) is 0 Å². The number of halogens is 1. The van der Waals surface area contributed by atoms with Crippen molar-refractivity contribution in [3.8, 4) is 0 Å². The summed E-state index contributed by atoms with van der Waals surface area (Å²) in [6.07, 6.45) is 2.59. The minimum absolute atomic E-state index is 0.173. The molecule has 0 radical (unpaired) electrons. The number of fused-ring (bicyclic) bond motifs is 1. The number of nitrogens with one attached hydrogen (secondary N) is 2. The predicted octanol–water partition coefficient (Wildman–Crippen LogP) is 2.77. The number of carbonyl (C=O) groups is 1. The van der Waals surface area contributed by atoms with Gasteiger partial charge in [0.15, 0.2) is 0 Å². The number of aliphatic hydroxyl groups is 1. The Morgan fingerprint density at radius 3 is 2.83 bits per heavy atom. The first-order chi connectivity index (χ1) is 11.2. The summed E-state index contributed by atoms with van der Waals surface area (Å²) in [5.41, 5.74) is 2.76. The zero-order chi connectivity index (χ0) is 16.2. The minimum Gasteiger partial charge on any atom is -0.392 e. The Kier molecular flexibility index (Phi) is 4.39. The lowest BCUT2D eigenvalue weighted by atomic mass is 10.1. The van der Waals surface area contributed by atoms with Gasteiger partial charge in [0.25, 0.3) is 5.91 Å². The van der Waals surface area contributed by atoms with Crippen LogP contribution in [0.15, 0.2) is 48.7 Å². The standard InChI is InChI=1S/C18H17FN2O2/c19-14-6-5-13(11-22)16(9-14)18(23)20-8-7-12-10-21-17-4-2-1-3-15(12)17/h1-6,9-10,21-22H,7-8,11H2,(H,20,23). The molecular weight excluding hydrogens is 295 g/mol. The highest BCUT2D eigenvalue weighted by atomic mass is 19.1. The first-order valence-corrected chi connectivity index (χ1v) is 7.41. The number of benzene rings is 2. The number of aromatic amines is 1. The third-order valence-corrected chi connectivity index (χ3v) is 3.84. The monoisotopic (exact) mass is 312 g/mol. The van der Waals surface area contributed by atoms with Gasteiger partial charge in [-0.15, -0.1) is 0 Å². The van der Waals surface area contributed by atoms with Gasteiger partial charge in [-0.25, -0.2) is 4.39 Å². The van der Waals surface area contributed by atoms with Crippen LogP contribution in [-0.2, 0) is 13.0 Å². The van der Waals surface area contributed by atoms with Crippen molar-refractivity contribution in [1.82, 2.24) is 10.3 Å². The first-order valence-electron chi connectivity index (χ1n) is 7.41. The van der Waals surface area contributed by atoms with E-state index in [9.17, 15) is 14.3 Å². The second kappa shape index (κ2) is 6.62. The van der Waals surface area contributed by atoms with Crippen LogP contribution in [-0.4, -0.2) is 22.5 Å². The van der Waals surface area contributed by atoms with E-state index in [0.29, 0.717) is 18.5 Å². The highest BCUT2D eigenvalue weighted by molar-refractivity contribution is 5.95. The van der Waals surface area contributed by atoms with Crippen molar-refractivity contribution >= 4 is 16.8 Å². The maximum absolute atomic E-state index is 13.3. The predicted molar refractivity (Wildman–Crippen MR) is 86.7 cm³/mol. The van der Waals surface area contributed by atoms with E-state index in [4.69, 9.17) is 0 Å². The molecule has 0 fully saturated rings. The van der Waals surface area contributed by atoms with Gasteiger partial charge in [0.05, 0.1) is 6.61 Å². The summed E-state index contributed by atoms with van der Waals surface area (Å²) in [5.74, 6) is -0.877. The second-order valence-electron chi connectivity index (χ2n) is 5.32. The lowest BCUT2D eigenvalue weighted by Gasteiger charge is -2.08. The van der Waals surface area contributed by atoms with Gasteiger partial charge in [0.2, 0.25) is 0 Å². The fraction of sp³-hybridized carbons (Fsp3) is 0.167. The number of para-hydroxylation sites is 1. The third-order valence-electron chi connectivity index (χ3n) is 3.84. The molecular formula is C18H17FN2O2. The van der Waals surface area contributed by atoms with E-state index < -0.39 is 5.82 Å². The Labute approximate surface area is 133 Å². The van der Waals surface area contributed by atoms with E-state index in [0.717, 1.165) is 22.5 Å². The molecule has 3 N–H and O–H groups in total. The van der Waals surface area contributed by atoms with Gasteiger partial charge in [-0.3, -0.25) is 4.79 Å². The fourth-order valence-electron chi connectivity index (χ4n) is 2.64. The molecule has 0 spiro atoms. The average molecular weight is 312 g/mol. The quantitative estimate of drug-likeness (QED) is 0.678. The highest BCUT2D eigenvalue weighted by Gasteiger charge is 2.12. The van der Waals surface area contributed by atoms with Crippen LogP contribution in [0.5, 0.6) is 0 Å². The smallest absolute Gasteiger partial charge is 0.251 e. The molecule has 1 heterocycles. The maximum atomic E-state index is 13.3. The topological polar surface area (TPSA) is 65.1 Å². The molecule has 0 aliphatic rings. The molecule has 0 aliphatic carbocycles. The van der Waals surface area contributed by atoms with Gasteiger partial charge in [-0.05, 0) is 35.7 Å². The van der Waals surface area contributed by atoms with E-state index in [-0.39, 0.29) is 18.1 Å². The van der Waals surface area contributed by atoms with Crippen LogP contribution in [0.3, 0.4) is 0 Å². The number of amides is 1. The molecule has 0 bridgehead atoms. The van der Waals surface area contributed by atoms with Crippen molar-refractivity contribution in [2.45, 2.75) is 13.0 Å². The summed E-state index contributed by atoms with van der Waals surface area (Å²) in [7, 11) is 0. The minimum atomic E-state index is -0.496. The molecule has 3 rings (SSSR count). The Hall–Kier alpha value is -2.66. The maximum Gasteiger partial charge on any atom is 0.251 e. The van der Waals surface area contributed by atoms with Crippen molar-refractivity contribution in [2.75, 3.05) is 6.54 Å². The van der Waals surface area contributed by atoms with Crippen molar-refractivity contribution in [3.63, 3.8) is 0 Å². The van der Waals surface area contributed by atoms with Crippen LogP contribution in [0.4, 0.5) is 4.39 Å². The summed E-state index contributed by atoms with van der Waals surface area (Å²) in [4.78, 5) is 15.4. The number of hydrogen-bond acceptors (Lipinski definition) is 2. The summed E-state index contributed by atoms with van der Waals surface area (Å²) < 4.78 is 13.3. The van der Waals surface area contributed by atoms with Crippen LogP contribution >= 0.6 is 0 Å². The normalized spacial score (nSPS) is 10.9. The van der Waals surface area contributed by atoms with Crippen LogP contribution < -0.4 is 5.32 Å². The number of hydrogen-bond donors (Lipinski definition) is 3. The molecule has 0 saturated carbocycles. The van der Waals surface area contributed by atoms with Crippen LogP contribution in [0, 0.1) is 5.82 Å². The lowest BCUT2D eigenvalue weighted by molar-refractivity contribution is 0.0950. The van der Waals surface area contributed by atoms with E-state index in [2.05, 4.69) is 10.3 Å². The second-order valence-corrected chi connectivity index (χ2v) is 5.32. The molecule has 0 unspecified atom stereocenters. The van der Waals surface area contributed by atoms with E-state index in [1.807, 2.05) is 30.5 Å². The zero-order valence-corrected chi connectivity index (χ0v) is 12.5. The van der Waals surface area contributed by atoms with Crippen molar-refractivity contribution < 1.29 is 14.3 Å². The molecule has 5 heteroatoms. The molecule has 23 heavy (non-hydrogen) atoms. The summed E-state index contributed by atoms with van der Waals surface area (Å²) in [5, 5.41) is 13.1. The molecule has 4 nitrogen and oxygen atoms in total. The molecule has 2 aromatic carbocycles. The molecule has 0 atom stereocenters. The largest absolute Gasteiger partial charge is 0.392 e. The van der Waals surface area contributed by atoms with Gasteiger partial charge >= 0.3 is 0 Å². The van der Waals surface area contributed by atoms with Gasteiger partial charge in [0.1, 0.15) is 5.82 Å². The van der Waals surface area contributed by atoms with E-state index in [1.54, 1.807) is 0 Å². The summed E-state index contributed by atoms with van der Waals surface area (Å²) in [6.45, 7) is 0.132. The van der Waals surface area contributed by atoms with Gasteiger partial charge < -0.3 is 15.4 Å². The summed E-state index contributed by atoms with van der Waals surface area (Å²) >= 11 is 0. The molecule has 118 valence electrons. The average Bonchev–Trinajstić information content (AvgIpc) is 2.98. The van der Waals surface area contributed by atoms with Gasteiger partial charge in [0, 0.05) is 29.2 Å². The Morgan fingerprint density at radius 1 is 1.17 bits per heavy atom. The SMILES string of the molecule is O=C(NCCc1c[nH]c2ccccc12)c1cc(F)ccc1CO. The number of rotatable bonds is 5. The van der Waals surface area contributed by atoms with Crippen molar-refractivity contribution in [1.29, 1.82) is 0 Å². The Balaban J connectivity index is 1.67. The highest BCUT2D eigenvalue weighted by Crippen LogP contribution is 2.18. The van der Waals surface area contributed by atoms with Crippen molar-refractivity contribution in [3.05, 3.63) is 71.2 Å². The lowest BCUT2D eigenvalue weighted by Crippen LogP contribution is -2.26. The van der Waals surface area contributed by atoms with Gasteiger partial charge in [-0.2, -0.15) is 0 Å². The van der Waals surface area contributed by atoms with Crippen LogP contribution in [0.1, 0.15) is 21.5 Å². The third kappa shape index (κ3) is 3.24. The number of carbonyl (C=O) groups excluding carboxylic acids is 1. The van der Waals surface area contributed by atoms with Crippen molar-refractivity contribution in [2.24, 2.45) is 0 Å². The molecule has 0 saturated heterocycles. The van der Waals surface area contributed by atoms with Crippen LogP contribution in [0.25, 0.3) is 10.9 Å². The number of H-pyrrole nitrogens is 1. The fourth-order valence-corrected chi connectivity index (χ4v) is 2.64. The first kappa shape index (κ1) is 15.2. The van der Waals surface area contributed by atoms with E-state index >= 15 is 0 Å².